The van der Waals surface area contributed by atoms with Crippen molar-refractivity contribution < 1.29 is 4.92 Å². The van der Waals surface area contributed by atoms with E-state index in [9.17, 15) is 10.1 Å². The molecule has 3 rings (SSSR count). The van der Waals surface area contributed by atoms with Gasteiger partial charge in [0.2, 0.25) is 0 Å². The van der Waals surface area contributed by atoms with Crippen LogP contribution in [0, 0.1) is 10.1 Å². The topological polar surface area (TPSA) is 46.4 Å². The molecule has 0 aromatic heterocycles. The second-order valence-corrected chi connectivity index (χ2v) is 5.46. The van der Waals surface area contributed by atoms with Gasteiger partial charge >= 0.3 is 0 Å². The lowest BCUT2D eigenvalue weighted by Gasteiger charge is -2.38. The fraction of sp³-hybridized carbons (Fsp3) is 0.571. The maximum absolute atomic E-state index is 11.6. The molecule has 96 valence electrons. The van der Waals surface area contributed by atoms with Crippen LogP contribution >= 0.6 is 0 Å². The Morgan fingerprint density at radius 1 is 1.28 bits per heavy atom. The van der Waals surface area contributed by atoms with Gasteiger partial charge in [-0.15, -0.1) is 0 Å². The Morgan fingerprint density at radius 3 is 2.78 bits per heavy atom. The minimum atomic E-state index is -0.887. The average Bonchev–Trinajstić information content (AvgIpc) is 2.86. The van der Waals surface area contributed by atoms with E-state index in [1.54, 1.807) is 0 Å². The molecule has 1 aromatic rings. The second kappa shape index (κ2) is 4.35. The monoisotopic (exact) mass is 246 g/mol. The van der Waals surface area contributed by atoms with Crippen LogP contribution in [0.2, 0.25) is 0 Å². The smallest absolute Gasteiger partial charge is 0.259 e. The summed E-state index contributed by atoms with van der Waals surface area (Å²) in [7, 11) is 0. The highest BCUT2D eigenvalue weighted by atomic mass is 16.6. The van der Waals surface area contributed by atoms with Crippen LogP contribution in [0.5, 0.6) is 0 Å². The molecule has 2 aliphatic rings. The van der Waals surface area contributed by atoms with Gasteiger partial charge in [0.15, 0.2) is 0 Å². The van der Waals surface area contributed by atoms with Gasteiger partial charge in [-0.3, -0.25) is 15.0 Å². The fourth-order valence-corrected chi connectivity index (χ4v) is 3.49. The number of fused-ring (bicyclic) bond motifs is 1. The third-order valence-electron chi connectivity index (χ3n) is 4.52. The zero-order valence-electron chi connectivity index (χ0n) is 10.4. The molecule has 0 aliphatic carbocycles. The molecule has 2 unspecified atom stereocenters. The van der Waals surface area contributed by atoms with Crippen LogP contribution in [0.4, 0.5) is 0 Å². The van der Waals surface area contributed by atoms with Gasteiger partial charge in [0.25, 0.3) is 5.54 Å². The molecule has 2 fully saturated rings. The van der Waals surface area contributed by atoms with E-state index in [2.05, 4.69) is 4.90 Å². The minimum absolute atomic E-state index is 0.0587. The van der Waals surface area contributed by atoms with E-state index in [1.807, 2.05) is 30.3 Å². The first-order valence-corrected chi connectivity index (χ1v) is 6.66. The van der Waals surface area contributed by atoms with Gasteiger partial charge in [-0.05, 0) is 25.8 Å². The van der Waals surface area contributed by atoms with Gasteiger partial charge in [0.1, 0.15) is 0 Å². The van der Waals surface area contributed by atoms with Crippen LogP contribution in [0.15, 0.2) is 30.3 Å². The SMILES string of the molecule is O=[N+]([O-])C1(c2ccccc2)CCC2CCCN2C1. The lowest BCUT2D eigenvalue weighted by atomic mass is 9.81. The number of nitrogens with zero attached hydrogens (tertiary/aromatic N) is 2. The van der Waals surface area contributed by atoms with Gasteiger partial charge in [0.05, 0.1) is 6.54 Å². The largest absolute Gasteiger partial charge is 0.293 e. The normalized spacial score (nSPS) is 32.1. The van der Waals surface area contributed by atoms with Crippen molar-refractivity contribution >= 4 is 0 Å². The van der Waals surface area contributed by atoms with Gasteiger partial charge < -0.3 is 0 Å². The third kappa shape index (κ3) is 1.72. The van der Waals surface area contributed by atoms with Crippen LogP contribution in [-0.4, -0.2) is 29.0 Å². The summed E-state index contributed by atoms with van der Waals surface area (Å²) in [5.74, 6) is 0. The van der Waals surface area contributed by atoms with Crippen molar-refractivity contribution in [1.82, 2.24) is 4.90 Å². The predicted octanol–water partition coefficient (Wildman–Crippen LogP) is 2.42. The number of rotatable bonds is 2. The van der Waals surface area contributed by atoms with Gasteiger partial charge in [-0.25, -0.2) is 0 Å². The molecule has 4 heteroatoms. The second-order valence-electron chi connectivity index (χ2n) is 5.46. The maximum Gasteiger partial charge on any atom is 0.259 e. The molecule has 4 nitrogen and oxygen atoms in total. The van der Waals surface area contributed by atoms with E-state index in [4.69, 9.17) is 0 Å². The zero-order chi connectivity index (χ0) is 12.6. The van der Waals surface area contributed by atoms with Crippen molar-refractivity contribution in [2.75, 3.05) is 13.1 Å². The zero-order valence-corrected chi connectivity index (χ0v) is 10.4. The fourth-order valence-electron chi connectivity index (χ4n) is 3.49. The Bertz CT molecular complexity index is 448. The highest BCUT2D eigenvalue weighted by Gasteiger charge is 2.51. The number of benzene rings is 1. The van der Waals surface area contributed by atoms with Crippen molar-refractivity contribution in [3.8, 4) is 0 Å². The van der Waals surface area contributed by atoms with Crippen LogP contribution < -0.4 is 0 Å². The summed E-state index contributed by atoms with van der Waals surface area (Å²) >= 11 is 0. The van der Waals surface area contributed by atoms with Crippen molar-refractivity contribution in [2.24, 2.45) is 0 Å². The molecule has 2 heterocycles. The van der Waals surface area contributed by atoms with E-state index in [1.165, 1.54) is 12.8 Å². The molecule has 0 N–H and O–H groups in total. The molecular formula is C14H18N2O2. The maximum atomic E-state index is 11.6. The van der Waals surface area contributed by atoms with Crippen molar-refractivity contribution in [3.05, 3.63) is 46.0 Å². The summed E-state index contributed by atoms with van der Waals surface area (Å²) < 4.78 is 0. The van der Waals surface area contributed by atoms with E-state index < -0.39 is 5.54 Å². The van der Waals surface area contributed by atoms with Crippen LogP contribution in [0.25, 0.3) is 0 Å². The summed E-state index contributed by atoms with van der Waals surface area (Å²) in [5, 5.41) is 11.6. The van der Waals surface area contributed by atoms with Crippen LogP contribution in [0.3, 0.4) is 0 Å². The summed E-state index contributed by atoms with van der Waals surface area (Å²) in [6.45, 7) is 1.60. The summed E-state index contributed by atoms with van der Waals surface area (Å²) in [6.07, 6.45) is 4.02. The lowest BCUT2D eigenvalue weighted by Crippen LogP contribution is -2.52. The molecule has 18 heavy (non-hydrogen) atoms. The first-order chi connectivity index (χ1) is 8.72. The van der Waals surface area contributed by atoms with Crippen molar-refractivity contribution in [1.29, 1.82) is 0 Å². The minimum Gasteiger partial charge on any atom is -0.293 e. The predicted molar refractivity (Wildman–Crippen MR) is 68.9 cm³/mol. The molecule has 2 atom stereocenters. The van der Waals surface area contributed by atoms with Gasteiger partial charge in [0, 0.05) is 22.9 Å². The summed E-state index contributed by atoms with van der Waals surface area (Å²) in [6, 6.07) is 10.1. The highest BCUT2D eigenvalue weighted by Crippen LogP contribution is 2.39. The van der Waals surface area contributed by atoms with E-state index >= 15 is 0 Å². The lowest BCUT2D eigenvalue weighted by molar-refractivity contribution is -0.585. The van der Waals surface area contributed by atoms with E-state index in [0.717, 1.165) is 18.5 Å². The van der Waals surface area contributed by atoms with E-state index in [-0.39, 0.29) is 4.92 Å². The van der Waals surface area contributed by atoms with Crippen LogP contribution in [0.1, 0.15) is 31.2 Å². The number of piperidine rings is 1. The molecule has 0 bridgehead atoms. The molecule has 0 radical (unpaired) electrons. The molecule has 0 saturated carbocycles. The van der Waals surface area contributed by atoms with Gasteiger partial charge in [-0.2, -0.15) is 0 Å². The summed E-state index contributed by atoms with van der Waals surface area (Å²) in [5.41, 5.74) is -0.0254. The first-order valence-electron chi connectivity index (χ1n) is 6.66. The van der Waals surface area contributed by atoms with Crippen molar-refractivity contribution in [3.63, 3.8) is 0 Å². The Labute approximate surface area is 107 Å². The number of nitro groups is 1. The standard InChI is InChI=1S/C14H18N2O2/c17-16(18)14(12-5-2-1-3-6-12)9-8-13-7-4-10-15(13)11-14/h1-3,5-6,13H,4,7-11H2. The Hall–Kier alpha value is -1.42. The summed E-state index contributed by atoms with van der Waals surface area (Å²) in [4.78, 5) is 13.9. The Morgan fingerprint density at radius 2 is 2.06 bits per heavy atom. The quantitative estimate of drug-likeness (QED) is 0.594. The Balaban J connectivity index is 1.96. The third-order valence-corrected chi connectivity index (χ3v) is 4.52. The Kier molecular flexibility index (Phi) is 2.82. The molecule has 2 saturated heterocycles. The average molecular weight is 246 g/mol. The van der Waals surface area contributed by atoms with Crippen LogP contribution in [-0.2, 0) is 5.54 Å². The molecular weight excluding hydrogens is 228 g/mol. The molecule has 0 spiro atoms. The molecule has 2 aliphatic heterocycles. The highest BCUT2D eigenvalue weighted by molar-refractivity contribution is 5.24. The molecule has 1 aromatic carbocycles. The van der Waals surface area contributed by atoms with Gasteiger partial charge in [-0.1, -0.05) is 30.3 Å². The molecule has 0 amide bonds. The van der Waals surface area contributed by atoms with E-state index in [0.29, 0.717) is 19.0 Å². The van der Waals surface area contributed by atoms with Crippen molar-refractivity contribution in [2.45, 2.75) is 37.3 Å². The number of hydrogen-bond donors (Lipinski definition) is 0. The number of hydrogen-bond acceptors (Lipinski definition) is 3. The first kappa shape index (κ1) is 11.7.